The molecular weight excluding hydrogens is 274 g/mol. The van der Waals surface area contributed by atoms with Crippen LogP contribution in [0.5, 0.6) is 5.75 Å². The topological polar surface area (TPSA) is 37.3 Å². The second-order valence-electron chi connectivity index (χ2n) is 2.35. The second kappa shape index (κ2) is 3.38. The average Bonchev–Trinajstić information content (AvgIpc) is 1.99. The number of benzene rings is 1. The molecule has 0 atom stereocenters. The Labute approximate surface area is 82.5 Å². The molecule has 0 bridgehead atoms. The lowest BCUT2D eigenvalue weighted by Crippen LogP contribution is -1.94. The van der Waals surface area contributed by atoms with Crippen LogP contribution in [0.1, 0.15) is 17.3 Å². The van der Waals surface area contributed by atoms with Crippen molar-refractivity contribution < 1.29 is 14.3 Å². The first kappa shape index (κ1) is 9.44. The minimum atomic E-state index is -0.569. The van der Waals surface area contributed by atoms with E-state index in [2.05, 4.69) is 0 Å². The van der Waals surface area contributed by atoms with E-state index >= 15 is 0 Å². The third-order valence-corrected chi connectivity index (χ3v) is 2.48. The summed E-state index contributed by atoms with van der Waals surface area (Å²) in [6.45, 7) is 1.32. The molecule has 0 spiro atoms. The molecule has 0 aliphatic carbocycles. The lowest BCUT2D eigenvalue weighted by atomic mass is 10.1. The van der Waals surface area contributed by atoms with E-state index in [4.69, 9.17) is 5.11 Å². The largest absolute Gasteiger partial charge is 0.507 e. The summed E-state index contributed by atoms with van der Waals surface area (Å²) in [6, 6.07) is 2.37. The first-order chi connectivity index (χ1) is 5.52. The van der Waals surface area contributed by atoms with Crippen molar-refractivity contribution in [2.75, 3.05) is 0 Å². The van der Waals surface area contributed by atoms with Crippen LogP contribution in [0.15, 0.2) is 12.1 Å². The summed E-state index contributed by atoms with van der Waals surface area (Å²) in [4.78, 5) is 10.8. The summed E-state index contributed by atoms with van der Waals surface area (Å²) in [5.41, 5.74) is 0.186. The fourth-order valence-corrected chi connectivity index (χ4v) is 1.09. The third-order valence-electron chi connectivity index (χ3n) is 1.42. The Bertz CT molecular complexity index is 313. The molecular formula is C8H6FIO2. The molecule has 0 amide bonds. The van der Waals surface area contributed by atoms with Gasteiger partial charge in [-0.05, 0) is 41.6 Å². The lowest BCUT2D eigenvalue weighted by molar-refractivity contribution is 0.101. The van der Waals surface area contributed by atoms with Gasteiger partial charge in [-0.3, -0.25) is 4.79 Å². The number of Topliss-reactive ketones (excluding diaryl/α,β-unsaturated/α-hetero) is 1. The van der Waals surface area contributed by atoms with E-state index in [1.165, 1.54) is 13.0 Å². The van der Waals surface area contributed by atoms with E-state index in [-0.39, 0.29) is 20.7 Å². The van der Waals surface area contributed by atoms with E-state index in [1.807, 2.05) is 0 Å². The van der Waals surface area contributed by atoms with Crippen LogP contribution in [0.2, 0.25) is 0 Å². The van der Waals surface area contributed by atoms with Crippen LogP contribution in [0.3, 0.4) is 0 Å². The number of ketones is 1. The Morgan fingerprint density at radius 3 is 2.58 bits per heavy atom. The summed E-state index contributed by atoms with van der Waals surface area (Å²) >= 11 is 1.67. The molecule has 0 aromatic heterocycles. The van der Waals surface area contributed by atoms with Gasteiger partial charge in [0.1, 0.15) is 11.6 Å². The molecule has 0 heterocycles. The molecule has 1 aromatic carbocycles. The number of phenolic OH excluding ortho intramolecular Hbond substituents is 1. The summed E-state index contributed by atoms with van der Waals surface area (Å²) in [6.07, 6.45) is 0. The zero-order chi connectivity index (χ0) is 9.30. The molecule has 1 aromatic rings. The zero-order valence-electron chi connectivity index (χ0n) is 6.27. The number of halogens is 2. The van der Waals surface area contributed by atoms with Crippen molar-refractivity contribution in [3.8, 4) is 5.75 Å². The summed E-state index contributed by atoms with van der Waals surface area (Å²) in [5.74, 6) is -1.03. The Hall–Kier alpha value is -0.650. The lowest BCUT2D eigenvalue weighted by Gasteiger charge is -2.00. The molecule has 12 heavy (non-hydrogen) atoms. The summed E-state index contributed by atoms with van der Waals surface area (Å²) < 4.78 is 13.0. The van der Waals surface area contributed by atoms with E-state index in [1.54, 1.807) is 22.6 Å². The molecule has 0 radical (unpaired) electrons. The van der Waals surface area contributed by atoms with Gasteiger partial charge in [0, 0.05) is 5.56 Å². The Morgan fingerprint density at radius 2 is 2.17 bits per heavy atom. The Kier molecular flexibility index (Phi) is 2.66. The van der Waals surface area contributed by atoms with Gasteiger partial charge in [0.25, 0.3) is 0 Å². The maximum atomic E-state index is 12.9. The van der Waals surface area contributed by atoms with Gasteiger partial charge >= 0.3 is 0 Å². The van der Waals surface area contributed by atoms with Gasteiger partial charge in [-0.2, -0.15) is 0 Å². The number of phenols is 1. The van der Waals surface area contributed by atoms with Crippen molar-refractivity contribution in [1.29, 1.82) is 0 Å². The highest BCUT2D eigenvalue weighted by molar-refractivity contribution is 14.1. The number of hydrogen-bond donors (Lipinski definition) is 1. The predicted octanol–water partition coefficient (Wildman–Crippen LogP) is 2.34. The number of hydrogen-bond acceptors (Lipinski definition) is 2. The highest BCUT2D eigenvalue weighted by atomic mass is 127. The minimum Gasteiger partial charge on any atom is -0.507 e. The van der Waals surface area contributed by atoms with E-state index < -0.39 is 5.82 Å². The molecule has 1 N–H and O–H groups in total. The van der Waals surface area contributed by atoms with Crippen LogP contribution in [-0.4, -0.2) is 10.9 Å². The standard InChI is InChI=1S/C8H6FIO2/c1-4(11)5-2-6(9)8(10)7(12)3-5/h2-3,12H,1H3. The number of aromatic hydroxyl groups is 1. The van der Waals surface area contributed by atoms with Crippen LogP contribution in [0, 0.1) is 9.39 Å². The second-order valence-corrected chi connectivity index (χ2v) is 3.43. The number of carbonyl (C=O) groups excluding carboxylic acids is 1. The Morgan fingerprint density at radius 1 is 1.58 bits per heavy atom. The first-order valence-corrected chi connectivity index (χ1v) is 4.29. The third kappa shape index (κ3) is 1.74. The molecule has 0 aliphatic rings. The minimum absolute atomic E-state index is 0.137. The molecule has 64 valence electrons. The number of rotatable bonds is 1. The highest BCUT2D eigenvalue weighted by Gasteiger charge is 2.09. The van der Waals surface area contributed by atoms with Gasteiger partial charge in [0.2, 0.25) is 0 Å². The summed E-state index contributed by atoms with van der Waals surface area (Å²) in [5, 5.41) is 9.13. The summed E-state index contributed by atoms with van der Waals surface area (Å²) in [7, 11) is 0. The van der Waals surface area contributed by atoms with Gasteiger partial charge in [-0.25, -0.2) is 4.39 Å². The van der Waals surface area contributed by atoms with Gasteiger partial charge in [0.15, 0.2) is 5.78 Å². The van der Waals surface area contributed by atoms with Gasteiger partial charge < -0.3 is 5.11 Å². The fourth-order valence-electron chi connectivity index (χ4n) is 0.778. The molecule has 4 heteroatoms. The molecule has 0 saturated carbocycles. The van der Waals surface area contributed by atoms with Crippen molar-refractivity contribution in [2.45, 2.75) is 6.92 Å². The van der Waals surface area contributed by atoms with Crippen LogP contribution in [0.25, 0.3) is 0 Å². The quantitative estimate of drug-likeness (QED) is 0.633. The van der Waals surface area contributed by atoms with Crippen molar-refractivity contribution in [1.82, 2.24) is 0 Å². The van der Waals surface area contributed by atoms with Crippen molar-refractivity contribution >= 4 is 28.4 Å². The maximum absolute atomic E-state index is 12.9. The monoisotopic (exact) mass is 280 g/mol. The number of carbonyl (C=O) groups is 1. The van der Waals surface area contributed by atoms with Gasteiger partial charge in [-0.1, -0.05) is 0 Å². The van der Waals surface area contributed by atoms with Crippen molar-refractivity contribution in [3.05, 3.63) is 27.1 Å². The zero-order valence-corrected chi connectivity index (χ0v) is 8.42. The van der Waals surface area contributed by atoms with Crippen LogP contribution >= 0.6 is 22.6 Å². The molecule has 0 unspecified atom stereocenters. The van der Waals surface area contributed by atoms with Crippen molar-refractivity contribution in [3.63, 3.8) is 0 Å². The van der Waals surface area contributed by atoms with E-state index in [9.17, 15) is 9.18 Å². The van der Waals surface area contributed by atoms with E-state index in [0.717, 1.165) is 6.07 Å². The Balaban J connectivity index is 3.31. The molecule has 1 rings (SSSR count). The van der Waals surface area contributed by atoms with Crippen molar-refractivity contribution in [2.24, 2.45) is 0 Å². The van der Waals surface area contributed by atoms with Crippen LogP contribution < -0.4 is 0 Å². The molecule has 0 fully saturated rings. The first-order valence-electron chi connectivity index (χ1n) is 3.21. The van der Waals surface area contributed by atoms with Crippen LogP contribution in [-0.2, 0) is 0 Å². The van der Waals surface area contributed by atoms with Gasteiger partial charge in [-0.15, -0.1) is 0 Å². The molecule has 2 nitrogen and oxygen atoms in total. The molecule has 0 aliphatic heterocycles. The van der Waals surface area contributed by atoms with Crippen LogP contribution in [0.4, 0.5) is 4.39 Å². The molecule has 0 saturated heterocycles. The van der Waals surface area contributed by atoms with Gasteiger partial charge in [0.05, 0.1) is 3.57 Å². The fraction of sp³-hybridized carbons (Fsp3) is 0.125. The maximum Gasteiger partial charge on any atom is 0.160 e. The normalized spacial score (nSPS) is 9.92. The average molecular weight is 280 g/mol. The highest BCUT2D eigenvalue weighted by Crippen LogP contribution is 2.24. The van der Waals surface area contributed by atoms with E-state index in [0.29, 0.717) is 0 Å². The SMILES string of the molecule is CC(=O)c1cc(O)c(I)c(F)c1. The smallest absolute Gasteiger partial charge is 0.160 e. The predicted molar refractivity (Wildman–Crippen MR) is 50.8 cm³/mol.